The lowest BCUT2D eigenvalue weighted by Gasteiger charge is -2.18. The van der Waals surface area contributed by atoms with Gasteiger partial charge in [-0.15, -0.1) is 0 Å². The lowest BCUT2D eigenvalue weighted by atomic mass is 10.2. The Morgan fingerprint density at radius 2 is 2.00 bits per heavy atom. The minimum atomic E-state index is -0.163. The van der Waals surface area contributed by atoms with Crippen LogP contribution in [-0.2, 0) is 17.9 Å². The maximum atomic E-state index is 12.5. The molecule has 0 unspecified atom stereocenters. The summed E-state index contributed by atoms with van der Waals surface area (Å²) in [6, 6.07) is 13.3. The van der Waals surface area contributed by atoms with Gasteiger partial charge in [0.05, 0.1) is 6.61 Å². The summed E-state index contributed by atoms with van der Waals surface area (Å²) in [5, 5.41) is 2.94. The Kier molecular flexibility index (Phi) is 5.16. The van der Waals surface area contributed by atoms with Crippen LogP contribution in [0.25, 0.3) is 0 Å². The fraction of sp³-hybridized carbons (Fsp3) is 0.381. The van der Waals surface area contributed by atoms with Crippen molar-refractivity contribution in [2.45, 2.75) is 26.0 Å². The summed E-state index contributed by atoms with van der Waals surface area (Å²) in [6.07, 6.45) is 2.57. The Morgan fingerprint density at radius 3 is 2.85 bits per heavy atom. The fourth-order valence-electron chi connectivity index (χ4n) is 2.97. The Balaban J connectivity index is 1.31. The molecule has 0 radical (unpaired) electrons. The highest BCUT2D eigenvalue weighted by molar-refractivity contribution is 5.89. The van der Waals surface area contributed by atoms with Crippen LogP contribution in [0.1, 0.15) is 24.0 Å². The zero-order chi connectivity index (χ0) is 18.6. The van der Waals surface area contributed by atoms with Crippen LogP contribution in [0.15, 0.2) is 42.5 Å². The first kappa shape index (κ1) is 17.7. The van der Waals surface area contributed by atoms with E-state index in [1.165, 1.54) is 12.8 Å². The molecule has 2 aromatic carbocycles. The molecule has 1 N–H and O–H groups in total. The van der Waals surface area contributed by atoms with Gasteiger partial charge in [-0.05, 0) is 54.2 Å². The molecule has 27 heavy (non-hydrogen) atoms. The van der Waals surface area contributed by atoms with E-state index in [0.29, 0.717) is 13.2 Å². The van der Waals surface area contributed by atoms with Gasteiger partial charge in [-0.3, -0.25) is 0 Å². The monoisotopic (exact) mass is 368 g/mol. The molecule has 4 rings (SSSR count). The number of hydrogen-bond donors (Lipinski definition) is 1. The van der Waals surface area contributed by atoms with Crippen molar-refractivity contribution in [1.82, 2.24) is 4.90 Å². The third-order valence-electron chi connectivity index (χ3n) is 4.70. The third-order valence-corrected chi connectivity index (χ3v) is 4.70. The number of fused-ring (bicyclic) bond motifs is 1. The predicted molar refractivity (Wildman–Crippen MR) is 102 cm³/mol. The van der Waals surface area contributed by atoms with E-state index in [9.17, 15) is 4.79 Å². The van der Waals surface area contributed by atoms with Crippen LogP contribution in [-0.4, -0.2) is 31.4 Å². The van der Waals surface area contributed by atoms with E-state index >= 15 is 0 Å². The topological polar surface area (TPSA) is 60.0 Å². The molecule has 1 aliphatic heterocycles. The molecule has 0 spiro atoms. The van der Waals surface area contributed by atoms with Crippen LogP contribution >= 0.6 is 0 Å². The van der Waals surface area contributed by atoms with Gasteiger partial charge in [0.25, 0.3) is 0 Å². The van der Waals surface area contributed by atoms with E-state index in [4.69, 9.17) is 14.2 Å². The van der Waals surface area contributed by atoms with E-state index in [1.807, 2.05) is 42.5 Å². The highest BCUT2D eigenvalue weighted by atomic mass is 16.7. The first-order valence-corrected chi connectivity index (χ1v) is 9.25. The number of carbonyl (C=O) groups is 1. The Labute approximate surface area is 159 Å². The highest BCUT2D eigenvalue weighted by Crippen LogP contribution is 2.32. The van der Waals surface area contributed by atoms with Gasteiger partial charge in [-0.1, -0.05) is 18.2 Å². The molecule has 1 heterocycles. The highest BCUT2D eigenvalue weighted by Gasteiger charge is 2.21. The number of anilines is 1. The summed E-state index contributed by atoms with van der Waals surface area (Å²) < 4.78 is 16.4. The average molecular weight is 368 g/mol. The van der Waals surface area contributed by atoms with Crippen molar-refractivity contribution in [3.8, 4) is 11.5 Å². The molecule has 6 nitrogen and oxygen atoms in total. The molecule has 0 saturated heterocycles. The van der Waals surface area contributed by atoms with E-state index in [0.717, 1.165) is 40.8 Å². The van der Waals surface area contributed by atoms with Gasteiger partial charge in [-0.25, -0.2) is 4.79 Å². The average Bonchev–Trinajstić information content (AvgIpc) is 3.37. The van der Waals surface area contributed by atoms with E-state index in [-0.39, 0.29) is 12.8 Å². The van der Waals surface area contributed by atoms with Crippen LogP contribution in [0.5, 0.6) is 11.5 Å². The maximum Gasteiger partial charge on any atom is 0.321 e. The first-order chi connectivity index (χ1) is 13.2. The van der Waals surface area contributed by atoms with Crippen molar-refractivity contribution in [3.05, 3.63) is 53.6 Å². The van der Waals surface area contributed by atoms with Crippen molar-refractivity contribution in [1.29, 1.82) is 0 Å². The number of urea groups is 1. The minimum Gasteiger partial charge on any atom is -0.454 e. The Morgan fingerprint density at radius 1 is 1.15 bits per heavy atom. The van der Waals surface area contributed by atoms with E-state index in [2.05, 4.69) is 5.32 Å². The van der Waals surface area contributed by atoms with Crippen molar-refractivity contribution < 1.29 is 19.0 Å². The number of benzene rings is 2. The smallest absolute Gasteiger partial charge is 0.321 e. The normalized spacial score (nSPS) is 14.9. The zero-order valence-electron chi connectivity index (χ0n) is 15.4. The standard InChI is InChI=1S/C21H24N2O4/c1-23(11-16-7-8-19-20(10-16)27-14-26-19)21(24)22-18-4-2-3-17(9-18)13-25-12-15-5-6-15/h2-4,7-10,15H,5-6,11-14H2,1H3,(H,22,24). The molecule has 0 bridgehead atoms. The summed E-state index contributed by atoms with van der Waals surface area (Å²) in [6.45, 7) is 2.13. The van der Waals surface area contributed by atoms with Gasteiger partial charge in [0.1, 0.15) is 0 Å². The van der Waals surface area contributed by atoms with E-state index in [1.54, 1.807) is 11.9 Å². The Hall–Kier alpha value is -2.73. The van der Waals surface area contributed by atoms with Crippen molar-refractivity contribution in [2.24, 2.45) is 5.92 Å². The summed E-state index contributed by atoms with van der Waals surface area (Å²) in [5.74, 6) is 2.21. The van der Waals surface area contributed by atoms with Gasteiger partial charge in [-0.2, -0.15) is 0 Å². The molecule has 2 amide bonds. The van der Waals surface area contributed by atoms with Gasteiger partial charge in [0.15, 0.2) is 11.5 Å². The fourth-order valence-corrected chi connectivity index (χ4v) is 2.97. The number of carbonyl (C=O) groups excluding carboxylic acids is 1. The summed E-state index contributed by atoms with van der Waals surface area (Å²) >= 11 is 0. The number of nitrogens with one attached hydrogen (secondary N) is 1. The zero-order valence-corrected chi connectivity index (χ0v) is 15.4. The Bertz CT molecular complexity index is 820. The van der Waals surface area contributed by atoms with Crippen molar-refractivity contribution in [3.63, 3.8) is 0 Å². The molecule has 0 atom stereocenters. The number of amides is 2. The molecule has 0 aromatic heterocycles. The van der Waals surface area contributed by atoms with Gasteiger partial charge < -0.3 is 24.4 Å². The molecule has 142 valence electrons. The molecule has 2 aromatic rings. The molecule has 6 heteroatoms. The van der Waals surface area contributed by atoms with Gasteiger partial charge >= 0.3 is 6.03 Å². The number of ether oxygens (including phenoxy) is 3. The van der Waals surface area contributed by atoms with Crippen LogP contribution in [0.3, 0.4) is 0 Å². The van der Waals surface area contributed by atoms with Crippen LogP contribution in [0, 0.1) is 5.92 Å². The SMILES string of the molecule is CN(Cc1ccc2c(c1)OCO2)C(=O)Nc1cccc(COCC2CC2)c1. The van der Waals surface area contributed by atoms with Gasteiger partial charge in [0.2, 0.25) is 6.79 Å². The molecular formula is C21H24N2O4. The minimum absolute atomic E-state index is 0.163. The lowest BCUT2D eigenvalue weighted by molar-refractivity contribution is 0.111. The van der Waals surface area contributed by atoms with Crippen molar-refractivity contribution in [2.75, 3.05) is 25.8 Å². The maximum absolute atomic E-state index is 12.5. The molecule has 2 aliphatic rings. The second-order valence-corrected chi connectivity index (χ2v) is 7.13. The molecular weight excluding hydrogens is 344 g/mol. The quantitative estimate of drug-likeness (QED) is 0.802. The molecule has 1 aliphatic carbocycles. The van der Waals surface area contributed by atoms with Crippen molar-refractivity contribution >= 4 is 11.7 Å². The van der Waals surface area contributed by atoms with Crippen LogP contribution < -0.4 is 14.8 Å². The van der Waals surface area contributed by atoms with Crippen LogP contribution in [0.2, 0.25) is 0 Å². The summed E-state index contributed by atoms with van der Waals surface area (Å²) in [4.78, 5) is 14.1. The number of hydrogen-bond acceptors (Lipinski definition) is 4. The van der Waals surface area contributed by atoms with Crippen LogP contribution in [0.4, 0.5) is 10.5 Å². The first-order valence-electron chi connectivity index (χ1n) is 9.25. The largest absolute Gasteiger partial charge is 0.454 e. The molecule has 1 fully saturated rings. The second-order valence-electron chi connectivity index (χ2n) is 7.13. The predicted octanol–water partition coefficient (Wildman–Crippen LogP) is 4.01. The number of nitrogens with zero attached hydrogens (tertiary/aromatic N) is 1. The summed E-state index contributed by atoms with van der Waals surface area (Å²) in [7, 11) is 1.77. The van der Waals surface area contributed by atoms with E-state index < -0.39 is 0 Å². The third kappa shape index (κ3) is 4.71. The lowest BCUT2D eigenvalue weighted by Crippen LogP contribution is -2.30. The van der Waals surface area contributed by atoms with Gasteiger partial charge in [0, 0.05) is 25.9 Å². The second kappa shape index (κ2) is 7.88. The summed E-state index contributed by atoms with van der Waals surface area (Å²) in [5.41, 5.74) is 2.82. The number of rotatable bonds is 7. The molecule has 1 saturated carbocycles.